The van der Waals surface area contributed by atoms with Gasteiger partial charge >= 0.3 is 0 Å². The lowest BCUT2D eigenvalue weighted by molar-refractivity contribution is 0.449. The summed E-state index contributed by atoms with van der Waals surface area (Å²) in [4.78, 5) is 0. The zero-order chi connectivity index (χ0) is 21.9. The Morgan fingerprint density at radius 3 is 1.80 bits per heavy atom. The van der Waals surface area contributed by atoms with Crippen LogP contribution in [-0.4, -0.2) is 0 Å². The van der Waals surface area contributed by atoms with Crippen molar-refractivity contribution in [3.05, 3.63) is 89.0 Å². The first-order valence-corrected chi connectivity index (χ1v) is 10.5. The van der Waals surface area contributed by atoms with E-state index in [4.69, 9.17) is 22.9 Å². The lowest BCUT2D eigenvalue weighted by Gasteiger charge is -2.31. The number of anilines is 3. The van der Waals surface area contributed by atoms with E-state index in [0.29, 0.717) is 6.42 Å². The fraction of sp³-hybridized carbons (Fsp3) is 0.308. The molecule has 0 bridgehead atoms. The van der Waals surface area contributed by atoms with Gasteiger partial charge in [0.05, 0.1) is 0 Å². The van der Waals surface area contributed by atoms with Crippen LogP contribution in [-0.2, 0) is 23.8 Å². The summed E-state index contributed by atoms with van der Waals surface area (Å²) in [5, 5.41) is 0. The lowest BCUT2D eigenvalue weighted by atomic mass is 9.74. The average Bonchev–Trinajstić information content (AvgIpc) is 2.71. The molecule has 0 fully saturated rings. The number of nitrogen functional groups attached to an aromatic ring is 3. The molecule has 0 amide bonds. The van der Waals surface area contributed by atoms with Crippen molar-refractivity contribution in [3.8, 4) is 0 Å². The first-order chi connectivity index (χ1) is 14.1. The number of nitrogens with two attached hydrogens (primary N) is 4. The molecule has 4 heteroatoms. The highest BCUT2D eigenvalue weighted by Crippen LogP contribution is 2.35. The third kappa shape index (κ3) is 4.77. The van der Waals surface area contributed by atoms with Crippen LogP contribution in [0.5, 0.6) is 0 Å². The van der Waals surface area contributed by atoms with Crippen LogP contribution in [0.1, 0.15) is 49.4 Å². The Morgan fingerprint density at radius 2 is 1.23 bits per heavy atom. The molecular weight excluding hydrogens is 368 g/mol. The van der Waals surface area contributed by atoms with Gasteiger partial charge in [-0.3, -0.25) is 0 Å². The van der Waals surface area contributed by atoms with Crippen molar-refractivity contribution in [1.29, 1.82) is 0 Å². The Balaban J connectivity index is 1.90. The molecule has 0 saturated carbocycles. The monoisotopic (exact) mass is 402 g/mol. The Kier molecular flexibility index (Phi) is 6.09. The summed E-state index contributed by atoms with van der Waals surface area (Å²) in [6, 6.07) is 22.3. The molecule has 3 aromatic carbocycles. The third-order valence-corrected chi connectivity index (χ3v) is 6.32. The van der Waals surface area contributed by atoms with Gasteiger partial charge in [-0.2, -0.15) is 0 Å². The molecule has 2 atom stereocenters. The van der Waals surface area contributed by atoms with Crippen LogP contribution in [0.2, 0.25) is 0 Å². The van der Waals surface area contributed by atoms with E-state index in [1.54, 1.807) is 0 Å². The maximum Gasteiger partial charge on any atom is 0.0422 e. The largest absolute Gasteiger partial charge is 0.399 e. The van der Waals surface area contributed by atoms with Crippen molar-refractivity contribution in [1.82, 2.24) is 0 Å². The zero-order valence-electron chi connectivity index (χ0n) is 18.3. The minimum atomic E-state index is -0.542. The molecule has 0 heterocycles. The van der Waals surface area contributed by atoms with Crippen LogP contribution >= 0.6 is 0 Å². The van der Waals surface area contributed by atoms with Crippen molar-refractivity contribution >= 4 is 17.1 Å². The number of rotatable bonds is 7. The van der Waals surface area contributed by atoms with Gasteiger partial charge in [0.15, 0.2) is 0 Å². The van der Waals surface area contributed by atoms with E-state index in [0.717, 1.165) is 41.0 Å². The standard InChI is InChI=1S/C26H34N4/c1-4-25(2,16-18-5-10-22(27)11-6-18)21-9-14-24(29)19(15-21)17-26(3,30)20-7-12-23(28)13-8-20/h5-15H,4,16-17,27-30H2,1-3H3. The van der Waals surface area contributed by atoms with E-state index in [1.807, 2.05) is 49.4 Å². The highest BCUT2D eigenvalue weighted by molar-refractivity contribution is 5.52. The van der Waals surface area contributed by atoms with Gasteiger partial charge < -0.3 is 22.9 Å². The Labute approximate surface area is 180 Å². The molecule has 0 aromatic heterocycles. The summed E-state index contributed by atoms with van der Waals surface area (Å²) in [5.41, 5.74) is 31.2. The van der Waals surface area contributed by atoms with Crippen molar-refractivity contribution < 1.29 is 0 Å². The van der Waals surface area contributed by atoms with Gasteiger partial charge in [-0.05, 0) is 84.2 Å². The average molecular weight is 403 g/mol. The SMILES string of the molecule is CCC(C)(Cc1ccc(N)cc1)c1ccc(N)c(CC(C)(N)c2ccc(N)cc2)c1. The molecule has 8 N–H and O–H groups in total. The summed E-state index contributed by atoms with van der Waals surface area (Å²) < 4.78 is 0. The topological polar surface area (TPSA) is 104 Å². The first kappa shape index (κ1) is 21.7. The fourth-order valence-corrected chi connectivity index (χ4v) is 4.01. The molecule has 2 unspecified atom stereocenters. The van der Waals surface area contributed by atoms with Crippen LogP contribution in [0.4, 0.5) is 17.1 Å². The van der Waals surface area contributed by atoms with Gasteiger partial charge in [-0.1, -0.05) is 50.2 Å². The van der Waals surface area contributed by atoms with Crippen molar-refractivity contribution in [2.75, 3.05) is 17.2 Å². The molecule has 0 radical (unpaired) electrons. The number of benzene rings is 3. The molecule has 0 saturated heterocycles. The highest BCUT2D eigenvalue weighted by atomic mass is 14.7. The molecule has 4 nitrogen and oxygen atoms in total. The molecule has 30 heavy (non-hydrogen) atoms. The van der Waals surface area contributed by atoms with Gasteiger partial charge in [-0.15, -0.1) is 0 Å². The van der Waals surface area contributed by atoms with Gasteiger partial charge in [0.1, 0.15) is 0 Å². The summed E-state index contributed by atoms with van der Waals surface area (Å²) in [6.07, 6.45) is 2.60. The maximum absolute atomic E-state index is 6.71. The number of hydrogen-bond donors (Lipinski definition) is 4. The van der Waals surface area contributed by atoms with Crippen molar-refractivity contribution in [3.63, 3.8) is 0 Å². The second kappa shape index (κ2) is 8.41. The molecule has 0 aliphatic carbocycles. The van der Waals surface area contributed by atoms with E-state index in [2.05, 4.69) is 38.1 Å². The normalized spacial score (nSPS) is 15.3. The Bertz CT molecular complexity index is 991. The molecule has 0 aliphatic rings. The molecule has 3 aromatic rings. The van der Waals surface area contributed by atoms with E-state index in [9.17, 15) is 0 Å². The first-order valence-electron chi connectivity index (χ1n) is 10.5. The molecular formula is C26H34N4. The summed E-state index contributed by atoms with van der Waals surface area (Å²) in [7, 11) is 0. The minimum Gasteiger partial charge on any atom is -0.399 e. The van der Waals surface area contributed by atoms with Gasteiger partial charge in [0.25, 0.3) is 0 Å². The quantitative estimate of drug-likeness (QED) is 0.428. The highest BCUT2D eigenvalue weighted by Gasteiger charge is 2.28. The Morgan fingerprint density at radius 1 is 0.700 bits per heavy atom. The summed E-state index contributed by atoms with van der Waals surface area (Å²) >= 11 is 0. The van der Waals surface area contributed by atoms with Crippen LogP contribution in [0, 0.1) is 0 Å². The fourth-order valence-electron chi connectivity index (χ4n) is 4.01. The van der Waals surface area contributed by atoms with Crippen LogP contribution in [0.25, 0.3) is 0 Å². The molecule has 0 aliphatic heterocycles. The van der Waals surface area contributed by atoms with Gasteiger partial charge in [-0.25, -0.2) is 0 Å². The molecule has 0 spiro atoms. The zero-order valence-corrected chi connectivity index (χ0v) is 18.3. The molecule has 158 valence electrons. The lowest BCUT2D eigenvalue weighted by Crippen LogP contribution is -2.36. The van der Waals surface area contributed by atoms with Crippen LogP contribution < -0.4 is 22.9 Å². The predicted octanol–water partition coefficient (Wildman–Crippen LogP) is 4.76. The van der Waals surface area contributed by atoms with Crippen LogP contribution in [0.15, 0.2) is 66.7 Å². The third-order valence-electron chi connectivity index (χ3n) is 6.32. The van der Waals surface area contributed by atoms with E-state index in [-0.39, 0.29) is 5.41 Å². The van der Waals surface area contributed by atoms with Crippen LogP contribution in [0.3, 0.4) is 0 Å². The minimum absolute atomic E-state index is 0.00916. The van der Waals surface area contributed by atoms with Gasteiger partial charge in [0.2, 0.25) is 0 Å². The second-order valence-corrected chi connectivity index (χ2v) is 8.96. The smallest absolute Gasteiger partial charge is 0.0422 e. The maximum atomic E-state index is 6.71. The van der Waals surface area contributed by atoms with E-state index < -0.39 is 5.54 Å². The second-order valence-electron chi connectivity index (χ2n) is 8.96. The number of hydrogen-bond acceptors (Lipinski definition) is 4. The summed E-state index contributed by atoms with van der Waals surface area (Å²) in [5.74, 6) is 0. The summed E-state index contributed by atoms with van der Waals surface area (Å²) in [6.45, 7) is 6.58. The van der Waals surface area contributed by atoms with E-state index >= 15 is 0 Å². The predicted molar refractivity (Wildman–Crippen MR) is 129 cm³/mol. The Hall–Kier alpha value is -2.98. The molecule has 3 rings (SSSR count). The van der Waals surface area contributed by atoms with Crippen molar-refractivity contribution in [2.45, 2.75) is 51.0 Å². The van der Waals surface area contributed by atoms with Crippen molar-refractivity contribution in [2.24, 2.45) is 5.73 Å². The van der Waals surface area contributed by atoms with Gasteiger partial charge in [0, 0.05) is 22.6 Å². The van der Waals surface area contributed by atoms with E-state index in [1.165, 1.54) is 11.1 Å².